The van der Waals surface area contributed by atoms with Gasteiger partial charge in [0, 0.05) is 5.56 Å². The number of hydrogen-bond donors (Lipinski definition) is 0. The molecule has 1 heterocycles. The lowest BCUT2D eigenvalue weighted by Gasteiger charge is -1.97. The van der Waals surface area contributed by atoms with E-state index in [0.29, 0.717) is 0 Å². The van der Waals surface area contributed by atoms with Crippen LogP contribution in [0, 0.1) is 6.92 Å². The molecular formula is C16H19NO2. The Morgan fingerprint density at radius 3 is 2.58 bits per heavy atom. The van der Waals surface area contributed by atoms with Crippen molar-refractivity contribution in [1.82, 2.24) is 5.16 Å². The Labute approximate surface area is 113 Å². The number of nitrogens with zero attached hydrogens (tertiary/aromatic N) is 1. The maximum Gasteiger partial charge on any atom is 0.137 e. The number of benzene rings is 1. The van der Waals surface area contributed by atoms with Crippen LogP contribution in [0.3, 0.4) is 0 Å². The molecule has 100 valence electrons. The fourth-order valence-electron chi connectivity index (χ4n) is 2.13. The Kier molecular flexibility index (Phi) is 4.39. The largest absolute Gasteiger partial charge is 0.497 e. The normalized spacial score (nSPS) is 12.3. The SMILES string of the molecule is C=Cc1ccc(OC)cc1.Cc1onc2c1CCC2. The molecule has 1 aliphatic rings. The lowest BCUT2D eigenvalue weighted by atomic mass is 10.2. The minimum atomic E-state index is 0.880. The maximum absolute atomic E-state index is 4.99. The summed E-state index contributed by atoms with van der Waals surface area (Å²) in [4.78, 5) is 0. The van der Waals surface area contributed by atoms with Gasteiger partial charge in [0.15, 0.2) is 0 Å². The molecule has 1 aromatic heterocycles. The summed E-state index contributed by atoms with van der Waals surface area (Å²) in [5.74, 6) is 1.90. The monoisotopic (exact) mass is 257 g/mol. The van der Waals surface area contributed by atoms with E-state index in [1.165, 1.54) is 24.1 Å². The first-order valence-electron chi connectivity index (χ1n) is 6.45. The van der Waals surface area contributed by atoms with E-state index in [-0.39, 0.29) is 0 Å². The maximum atomic E-state index is 4.99. The molecule has 3 nitrogen and oxygen atoms in total. The molecular weight excluding hydrogens is 238 g/mol. The van der Waals surface area contributed by atoms with Crippen LogP contribution in [0.4, 0.5) is 0 Å². The summed E-state index contributed by atoms with van der Waals surface area (Å²) >= 11 is 0. The van der Waals surface area contributed by atoms with Crippen molar-refractivity contribution in [2.24, 2.45) is 0 Å². The molecule has 3 heteroatoms. The Bertz CT molecular complexity index is 540. The van der Waals surface area contributed by atoms with Crippen molar-refractivity contribution in [3.63, 3.8) is 0 Å². The lowest BCUT2D eigenvalue weighted by molar-refractivity contribution is 0.386. The smallest absolute Gasteiger partial charge is 0.137 e. The van der Waals surface area contributed by atoms with Crippen LogP contribution in [0.2, 0.25) is 0 Å². The zero-order chi connectivity index (χ0) is 13.7. The molecule has 0 radical (unpaired) electrons. The van der Waals surface area contributed by atoms with Crippen LogP contribution in [-0.2, 0) is 12.8 Å². The van der Waals surface area contributed by atoms with Gasteiger partial charge >= 0.3 is 0 Å². The van der Waals surface area contributed by atoms with Gasteiger partial charge in [0.1, 0.15) is 11.5 Å². The summed E-state index contributed by atoms with van der Waals surface area (Å²) < 4.78 is 9.97. The van der Waals surface area contributed by atoms with Gasteiger partial charge in [-0.15, -0.1) is 0 Å². The molecule has 0 aliphatic heterocycles. The van der Waals surface area contributed by atoms with Crippen molar-refractivity contribution >= 4 is 6.08 Å². The van der Waals surface area contributed by atoms with E-state index in [9.17, 15) is 0 Å². The van der Waals surface area contributed by atoms with Crippen molar-refractivity contribution in [1.29, 1.82) is 0 Å². The highest BCUT2D eigenvalue weighted by Crippen LogP contribution is 2.23. The van der Waals surface area contributed by atoms with Gasteiger partial charge in [-0.2, -0.15) is 0 Å². The van der Waals surface area contributed by atoms with Crippen LogP contribution in [0.15, 0.2) is 35.4 Å². The predicted molar refractivity (Wildman–Crippen MR) is 76.4 cm³/mol. The Hall–Kier alpha value is -2.03. The van der Waals surface area contributed by atoms with E-state index in [2.05, 4.69) is 11.7 Å². The molecule has 0 spiro atoms. The summed E-state index contributed by atoms with van der Waals surface area (Å²) in [5, 5.41) is 3.92. The fourth-order valence-corrected chi connectivity index (χ4v) is 2.13. The zero-order valence-electron chi connectivity index (χ0n) is 11.5. The number of aromatic nitrogens is 1. The van der Waals surface area contributed by atoms with Gasteiger partial charge in [-0.3, -0.25) is 0 Å². The van der Waals surface area contributed by atoms with Crippen LogP contribution in [-0.4, -0.2) is 12.3 Å². The third-order valence-electron chi connectivity index (χ3n) is 3.26. The van der Waals surface area contributed by atoms with E-state index in [0.717, 1.165) is 23.5 Å². The molecule has 0 saturated heterocycles. The molecule has 0 atom stereocenters. The highest BCUT2D eigenvalue weighted by Gasteiger charge is 2.17. The van der Waals surface area contributed by atoms with Crippen LogP contribution < -0.4 is 4.74 Å². The van der Waals surface area contributed by atoms with E-state index in [4.69, 9.17) is 9.26 Å². The molecule has 1 aliphatic carbocycles. The predicted octanol–water partition coefficient (Wildman–Crippen LogP) is 3.81. The minimum absolute atomic E-state index is 0.880. The Balaban J connectivity index is 0.000000141. The number of rotatable bonds is 2. The molecule has 0 fully saturated rings. The summed E-state index contributed by atoms with van der Waals surface area (Å²) in [7, 11) is 1.66. The summed E-state index contributed by atoms with van der Waals surface area (Å²) in [6.07, 6.45) is 5.35. The van der Waals surface area contributed by atoms with Gasteiger partial charge in [0.05, 0.1) is 12.8 Å². The average molecular weight is 257 g/mol. The van der Waals surface area contributed by atoms with E-state index >= 15 is 0 Å². The zero-order valence-corrected chi connectivity index (χ0v) is 11.5. The molecule has 0 N–H and O–H groups in total. The quantitative estimate of drug-likeness (QED) is 0.820. The second kappa shape index (κ2) is 6.23. The molecule has 19 heavy (non-hydrogen) atoms. The number of methoxy groups -OCH3 is 1. The number of fused-ring (bicyclic) bond motifs is 1. The molecule has 0 unspecified atom stereocenters. The lowest BCUT2D eigenvalue weighted by Crippen LogP contribution is -1.80. The van der Waals surface area contributed by atoms with Crippen molar-refractivity contribution in [3.8, 4) is 5.75 Å². The van der Waals surface area contributed by atoms with Crippen molar-refractivity contribution in [2.45, 2.75) is 26.2 Å². The molecule has 0 amide bonds. The van der Waals surface area contributed by atoms with Crippen LogP contribution in [0.1, 0.15) is 29.0 Å². The van der Waals surface area contributed by atoms with Gasteiger partial charge < -0.3 is 9.26 Å². The minimum Gasteiger partial charge on any atom is -0.497 e. The van der Waals surface area contributed by atoms with Gasteiger partial charge in [-0.25, -0.2) is 0 Å². The number of hydrogen-bond acceptors (Lipinski definition) is 3. The second-order valence-corrected chi connectivity index (χ2v) is 4.49. The third-order valence-corrected chi connectivity index (χ3v) is 3.26. The standard InChI is InChI=1S/C9H10O.C7H9NO/c1-3-8-4-6-9(10-2)7-5-8;1-5-6-3-2-4-7(6)8-9-5/h3-7H,1H2,2H3;2-4H2,1H3. The van der Waals surface area contributed by atoms with Gasteiger partial charge in [0.25, 0.3) is 0 Å². The first-order valence-corrected chi connectivity index (χ1v) is 6.45. The molecule has 0 bridgehead atoms. The summed E-state index contributed by atoms with van der Waals surface area (Å²) in [5.41, 5.74) is 3.66. The van der Waals surface area contributed by atoms with Crippen molar-refractivity contribution < 1.29 is 9.26 Å². The molecule has 3 rings (SSSR count). The summed E-state index contributed by atoms with van der Waals surface area (Å²) in [6, 6.07) is 7.76. The van der Waals surface area contributed by atoms with E-state index in [1.54, 1.807) is 13.2 Å². The highest BCUT2D eigenvalue weighted by molar-refractivity contribution is 5.48. The first kappa shape index (κ1) is 13.4. The van der Waals surface area contributed by atoms with Gasteiger partial charge in [-0.05, 0) is 43.9 Å². The van der Waals surface area contributed by atoms with Crippen molar-refractivity contribution in [3.05, 3.63) is 53.4 Å². The summed E-state index contributed by atoms with van der Waals surface area (Å²) in [6.45, 7) is 5.63. The second-order valence-electron chi connectivity index (χ2n) is 4.49. The van der Waals surface area contributed by atoms with Crippen LogP contribution >= 0.6 is 0 Å². The van der Waals surface area contributed by atoms with E-state index in [1.807, 2.05) is 31.2 Å². The third kappa shape index (κ3) is 3.25. The average Bonchev–Trinajstić information content (AvgIpc) is 3.05. The van der Waals surface area contributed by atoms with E-state index < -0.39 is 0 Å². The van der Waals surface area contributed by atoms with Crippen LogP contribution in [0.25, 0.3) is 6.08 Å². The first-order chi connectivity index (χ1) is 9.24. The van der Waals surface area contributed by atoms with Gasteiger partial charge in [0.2, 0.25) is 0 Å². The van der Waals surface area contributed by atoms with Crippen molar-refractivity contribution in [2.75, 3.05) is 7.11 Å². The number of aryl methyl sites for hydroxylation is 2. The molecule has 2 aromatic rings. The highest BCUT2D eigenvalue weighted by atomic mass is 16.5. The van der Waals surface area contributed by atoms with Crippen LogP contribution in [0.5, 0.6) is 5.75 Å². The fraction of sp³-hybridized carbons (Fsp3) is 0.312. The molecule has 0 saturated carbocycles. The van der Waals surface area contributed by atoms with Gasteiger partial charge in [-0.1, -0.05) is 29.9 Å². The Morgan fingerprint density at radius 1 is 1.26 bits per heavy atom. The Morgan fingerprint density at radius 2 is 2.00 bits per heavy atom. The molecule has 1 aromatic carbocycles. The topological polar surface area (TPSA) is 35.3 Å². The number of ether oxygens (including phenoxy) is 1.